The van der Waals surface area contributed by atoms with Gasteiger partial charge in [0, 0.05) is 23.1 Å². The van der Waals surface area contributed by atoms with Crippen LogP contribution in [0.5, 0.6) is 0 Å². The Morgan fingerprint density at radius 3 is 2.43 bits per heavy atom. The Labute approximate surface area is 136 Å². The van der Waals surface area contributed by atoms with Gasteiger partial charge in [0.05, 0.1) is 4.92 Å². The highest BCUT2D eigenvalue weighted by Gasteiger charge is 2.08. The number of nitro groups is 1. The first-order valence-corrected chi connectivity index (χ1v) is 7.51. The third-order valence-corrected chi connectivity index (χ3v) is 3.74. The number of nitrogens with zero attached hydrogens (tertiary/aromatic N) is 3. The van der Waals surface area contributed by atoms with Crippen LogP contribution in [0.3, 0.4) is 0 Å². The first-order chi connectivity index (χ1) is 11.2. The van der Waals surface area contributed by atoms with Crippen molar-refractivity contribution in [1.29, 1.82) is 0 Å². The van der Waals surface area contributed by atoms with E-state index in [0.29, 0.717) is 11.1 Å². The summed E-state index contributed by atoms with van der Waals surface area (Å²) in [5.41, 5.74) is 1.08. The van der Waals surface area contributed by atoms with Crippen LogP contribution in [-0.2, 0) is 0 Å². The van der Waals surface area contributed by atoms with Gasteiger partial charge in [-0.25, -0.2) is 0 Å². The Morgan fingerprint density at radius 2 is 1.74 bits per heavy atom. The van der Waals surface area contributed by atoms with Gasteiger partial charge in [-0.2, -0.15) is 0 Å². The van der Waals surface area contributed by atoms with Crippen molar-refractivity contribution >= 4 is 29.6 Å². The summed E-state index contributed by atoms with van der Waals surface area (Å²) in [7, 11) is 0. The van der Waals surface area contributed by atoms with Gasteiger partial charge in [-0.1, -0.05) is 30.3 Å². The minimum absolute atomic E-state index is 0.0476. The molecule has 0 aliphatic carbocycles. The van der Waals surface area contributed by atoms with Gasteiger partial charge in [0.25, 0.3) is 10.9 Å². The zero-order valence-corrected chi connectivity index (χ0v) is 12.6. The molecule has 0 aliphatic heterocycles. The van der Waals surface area contributed by atoms with Crippen LogP contribution >= 0.6 is 11.8 Å². The molecule has 1 heterocycles. The lowest BCUT2D eigenvalue weighted by molar-refractivity contribution is -0.384. The second-order valence-corrected chi connectivity index (χ2v) is 5.53. The summed E-state index contributed by atoms with van der Waals surface area (Å²) < 4.78 is 5.51. The largest absolute Gasteiger partial charge is 0.412 e. The second kappa shape index (κ2) is 6.89. The molecule has 3 rings (SSSR count). The molecule has 0 amide bonds. The predicted molar refractivity (Wildman–Crippen MR) is 86.9 cm³/mol. The average Bonchev–Trinajstić information content (AvgIpc) is 3.02. The molecule has 0 N–H and O–H groups in total. The number of rotatable bonds is 5. The Morgan fingerprint density at radius 1 is 1.00 bits per heavy atom. The minimum atomic E-state index is -0.437. The maximum atomic E-state index is 10.6. The summed E-state index contributed by atoms with van der Waals surface area (Å²) >= 11 is 1.25. The Hall–Kier alpha value is -2.93. The van der Waals surface area contributed by atoms with Gasteiger partial charge in [-0.3, -0.25) is 10.1 Å². The van der Waals surface area contributed by atoms with E-state index in [4.69, 9.17) is 4.42 Å². The van der Waals surface area contributed by atoms with E-state index in [1.807, 2.05) is 36.4 Å². The topological polar surface area (TPSA) is 82.1 Å². The van der Waals surface area contributed by atoms with Gasteiger partial charge in [0.2, 0.25) is 5.89 Å². The lowest BCUT2D eigenvalue weighted by Gasteiger charge is -1.95. The standard InChI is InChI=1S/C16H11N3O3S/c20-19(21)13-7-9-14(10-8-13)23-16-18-17-15(22-16)11-6-12-4-2-1-3-5-12/h1-11H/b11-6+. The molecule has 0 bridgehead atoms. The quantitative estimate of drug-likeness (QED) is 0.514. The molecular weight excluding hydrogens is 314 g/mol. The zero-order chi connectivity index (χ0) is 16.1. The first kappa shape index (κ1) is 15.0. The number of non-ortho nitro benzene ring substituents is 1. The van der Waals surface area contributed by atoms with Crippen LogP contribution in [0.25, 0.3) is 12.2 Å². The van der Waals surface area contributed by atoms with Crippen LogP contribution in [0, 0.1) is 10.1 Å². The fourth-order valence-electron chi connectivity index (χ4n) is 1.80. The van der Waals surface area contributed by atoms with Crippen LogP contribution < -0.4 is 0 Å². The van der Waals surface area contributed by atoms with Crippen LogP contribution in [0.4, 0.5) is 5.69 Å². The van der Waals surface area contributed by atoms with Crippen molar-refractivity contribution < 1.29 is 9.34 Å². The molecule has 2 aromatic carbocycles. The number of nitro benzene ring substituents is 1. The van der Waals surface area contributed by atoms with E-state index in [-0.39, 0.29) is 5.69 Å². The zero-order valence-electron chi connectivity index (χ0n) is 11.8. The molecule has 3 aromatic rings. The van der Waals surface area contributed by atoms with Crippen molar-refractivity contribution in [2.45, 2.75) is 10.1 Å². The van der Waals surface area contributed by atoms with E-state index >= 15 is 0 Å². The van der Waals surface area contributed by atoms with E-state index in [0.717, 1.165) is 10.5 Å². The fourth-order valence-corrected chi connectivity index (χ4v) is 2.48. The van der Waals surface area contributed by atoms with Crippen LogP contribution in [0.15, 0.2) is 69.1 Å². The molecule has 0 saturated heterocycles. The average molecular weight is 325 g/mol. The van der Waals surface area contributed by atoms with Gasteiger partial charge >= 0.3 is 0 Å². The SMILES string of the molecule is O=[N+]([O-])c1ccc(Sc2nnc(/C=C/c3ccccc3)o2)cc1. The highest BCUT2D eigenvalue weighted by Crippen LogP contribution is 2.28. The molecule has 0 aliphatic rings. The fraction of sp³-hybridized carbons (Fsp3) is 0. The Bertz CT molecular complexity index is 829. The third-order valence-electron chi connectivity index (χ3n) is 2.89. The van der Waals surface area contributed by atoms with Crippen molar-refractivity contribution in [3.63, 3.8) is 0 Å². The highest BCUT2D eigenvalue weighted by molar-refractivity contribution is 7.99. The van der Waals surface area contributed by atoms with Crippen LogP contribution in [-0.4, -0.2) is 15.1 Å². The van der Waals surface area contributed by atoms with Crippen molar-refractivity contribution in [2.24, 2.45) is 0 Å². The van der Waals surface area contributed by atoms with Gasteiger partial charge in [0.15, 0.2) is 0 Å². The summed E-state index contributed by atoms with van der Waals surface area (Å²) in [5.74, 6) is 0.401. The van der Waals surface area contributed by atoms with E-state index in [2.05, 4.69) is 10.2 Å². The molecule has 0 fully saturated rings. The highest BCUT2D eigenvalue weighted by atomic mass is 32.2. The van der Waals surface area contributed by atoms with Crippen molar-refractivity contribution in [2.75, 3.05) is 0 Å². The number of hydrogen-bond acceptors (Lipinski definition) is 6. The summed E-state index contributed by atoms with van der Waals surface area (Å²) in [6.07, 6.45) is 3.62. The molecule has 0 atom stereocenters. The normalized spacial score (nSPS) is 11.0. The third kappa shape index (κ3) is 4.04. The van der Waals surface area contributed by atoms with Crippen molar-refractivity contribution in [1.82, 2.24) is 10.2 Å². The maximum absolute atomic E-state index is 10.6. The smallest absolute Gasteiger partial charge is 0.281 e. The molecule has 6 nitrogen and oxygen atoms in total. The second-order valence-electron chi connectivity index (χ2n) is 4.50. The molecule has 23 heavy (non-hydrogen) atoms. The van der Waals surface area contributed by atoms with Gasteiger partial charge in [0.1, 0.15) is 0 Å². The van der Waals surface area contributed by atoms with Gasteiger partial charge in [-0.05, 0) is 35.5 Å². The molecule has 0 saturated carbocycles. The monoisotopic (exact) mass is 325 g/mol. The minimum Gasteiger partial charge on any atom is -0.412 e. The number of benzene rings is 2. The molecule has 0 spiro atoms. The Balaban J connectivity index is 1.67. The summed E-state index contributed by atoms with van der Waals surface area (Å²) in [6, 6.07) is 16.0. The van der Waals surface area contributed by atoms with E-state index < -0.39 is 4.92 Å². The number of hydrogen-bond donors (Lipinski definition) is 0. The molecule has 0 radical (unpaired) electrons. The Kier molecular flexibility index (Phi) is 4.49. The molecule has 1 aromatic heterocycles. The van der Waals surface area contributed by atoms with Gasteiger partial charge in [-0.15, -0.1) is 10.2 Å². The first-order valence-electron chi connectivity index (χ1n) is 6.70. The summed E-state index contributed by atoms with van der Waals surface area (Å²) in [5, 5.41) is 18.9. The lowest BCUT2D eigenvalue weighted by Crippen LogP contribution is -1.86. The van der Waals surface area contributed by atoms with Crippen LogP contribution in [0.1, 0.15) is 11.5 Å². The molecule has 7 heteroatoms. The predicted octanol–water partition coefficient (Wildman–Crippen LogP) is 4.30. The molecule has 114 valence electrons. The van der Waals surface area contributed by atoms with Gasteiger partial charge < -0.3 is 4.42 Å². The summed E-state index contributed by atoms with van der Waals surface area (Å²) in [6.45, 7) is 0. The van der Waals surface area contributed by atoms with Crippen LogP contribution in [0.2, 0.25) is 0 Å². The van der Waals surface area contributed by atoms with E-state index in [1.165, 1.54) is 23.9 Å². The van der Waals surface area contributed by atoms with E-state index in [9.17, 15) is 10.1 Å². The van der Waals surface area contributed by atoms with Crippen molar-refractivity contribution in [3.05, 3.63) is 76.2 Å². The lowest BCUT2D eigenvalue weighted by atomic mass is 10.2. The number of aromatic nitrogens is 2. The summed E-state index contributed by atoms with van der Waals surface area (Å²) in [4.78, 5) is 11.0. The molecular formula is C16H11N3O3S. The van der Waals surface area contributed by atoms with Crippen molar-refractivity contribution in [3.8, 4) is 0 Å². The van der Waals surface area contributed by atoms with E-state index in [1.54, 1.807) is 18.2 Å². The molecule has 0 unspecified atom stereocenters. The maximum Gasteiger partial charge on any atom is 0.281 e.